The number of nitrogens with one attached hydrogen (secondary N) is 2. The SMILES string of the molecule is CCc1cc(C(=O)Nc2cccc(-c3nc(C)cc(=O)[nH]3)c2)sc1C. The van der Waals surface area contributed by atoms with Crippen molar-refractivity contribution in [3.63, 3.8) is 0 Å². The van der Waals surface area contributed by atoms with Gasteiger partial charge in [0, 0.05) is 27.9 Å². The molecule has 0 fully saturated rings. The number of hydrogen-bond acceptors (Lipinski definition) is 4. The summed E-state index contributed by atoms with van der Waals surface area (Å²) in [6.45, 7) is 5.88. The van der Waals surface area contributed by atoms with Crippen molar-refractivity contribution in [1.82, 2.24) is 9.97 Å². The Bertz CT molecular complexity index is 988. The summed E-state index contributed by atoms with van der Waals surface area (Å²) in [4.78, 5) is 33.0. The zero-order valence-electron chi connectivity index (χ0n) is 14.3. The van der Waals surface area contributed by atoms with Crippen molar-refractivity contribution >= 4 is 22.9 Å². The number of hydrogen-bond donors (Lipinski definition) is 2. The maximum absolute atomic E-state index is 12.5. The van der Waals surface area contributed by atoms with Crippen molar-refractivity contribution < 1.29 is 4.79 Å². The minimum Gasteiger partial charge on any atom is -0.321 e. The normalized spacial score (nSPS) is 10.7. The third kappa shape index (κ3) is 3.85. The van der Waals surface area contributed by atoms with Gasteiger partial charge in [0.05, 0.1) is 4.88 Å². The Hall–Kier alpha value is -2.73. The van der Waals surface area contributed by atoms with Crippen LogP contribution in [-0.2, 0) is 6.42 Å². The second-order valence-electron chi connectivity index (χ2n) is 5.82. The average molecular weight is 353 g/mol. The molecule has 0 bridgehead atoms. The standard InChI is InChI=1S/C19H19N3O2S/c1-4-13-10-16(25-12(13)3)19(24)21-15-7-5-6-14(9-15)18-20-11(2)8-17(23)22-18/h5-10H,4H2,1-3H3,(H,21,24)(H,20,22,23). The Balaban J connectivity index is 1.86. The summed E-state index contributed by atoms with van der Waals surface area (Å²) < 4.78 is 0. The molecule has 0 atom stereocenters. The number of aromatic amines is 1. The Kier molecular flexibility index (Phi) is 4.81. The fourth-order valence-corrected chi connectivity index (χ4v) is 3.64. The summed E-state index contributed by atoms with van der Waals surface area (Å²) >= 11 is 1.50. The molecule has 5 nitrogen and oxygen atoms in total. The summed E-state index contributed by atoms with van der Waals surface area (Å²) in [6.07, 6.45) is 0.914. The molecule has 3 aromatic rings. The first-order valence-electron chi connectivity index (χ1n) is 8.05. The molecule has 0 saturated heterocycles. The molecule has 1 amide bonds. The Morgan fingerprint density at radius 1 is 1.24 bits per heavy atom. The molecular weight excluding hydrogens is 334 g/mol. The van der Waals surface area contributed by atoms with Gasteiger partial charge in [-0.25, -0.2) is 4.98 Å². The highest BCUT2D eigenvalue weighted by Gasteiger charge is 2.12. The second-order valence-corrected chi connectivity index (χ2v) is 7.07. The summed E-state index contributed by atoms with van der Waals surface area (Å²) in [5, 5.41) is 2.91. The molecule has 0 aliphatic heterocycles. The van der Waals surface area contributed by atoms with Gasteiger partial charge in [-0.05, 0) is 44.0 Å². The van der Waals surface area contributed by atoms with E-state index < -0.39 is 0 Å². The highest BCUT2D eigenvalue weighted by molar-refractivity contribution is 7.14. The van der Waals surface area contributed by atoms with Gasteiger partial charge in [0.1, 0.15) is 5.82 Å². The molecule has 0 aliphatic rings. The van der Waals surface area contributed by atoms with Crippen molar-refractivity contribution in [2.75, 3.05) is 5.32 Å². The lowest BCUT2D eigenvalue weighted by Crippen LogP contribution is -2.11. The van der Waals surface area contributed by atoms with Gasteiger partial charge in [0.2, 0.25) is 0 Å². The summed E-state index contributed by atoms with van der Waals surface area (Å²) in [5.41, 5.74) is 3.06. The molecule has 2 N–H and O–H groups in total. The van der Waals surface area contributed by atoms with E-state index in [1.807, 2.05) is 31.2 Å². The highest BCUT2D eigenvalue weighted by Crippen LogP contribution is 2.24. The van der Waals surface area contributed by atoms with Crippen LogP contribution in [0.15, 0.2) is 41.2 Å². The largest absolute Gasteiger partial charge is 0.321 e. The van der Waals surface area contributed by atoms with Gasteiger partial charge in [0.25, 0.3) is 11.5 Å². The van der Waals surface area contributed by atoms with Crippen LogP contribution in [0.3, 0.4) is 0 Å². The lowest BCUT2D eigenvalue weighted by molar-refractivity contribution is 0.103. The van der Waals surface area contributed by atoms with E-state index in [1.54, 1.807) is 13.0 Å². The number of nitrogens with zero attached hydrogens (tertiary/aromatic N) is 1. The van der Waals surface area contributed by atoms with Gasteiger partial charge in [-0.1, -0.05) is 19.1 Å². The topological polar surface area (TPSA) is 74.8 Å². The first-order chi connectivity index (χ1) is 12.0. The number of anilines is 1. The Morgan fingerprint density at radius 3 is 2.72 bits per heavy atom. The fourth-order valence-electron chi connectivity index (χ4n) is 2.64. The van der Waals surface area contributed by atoms with Gasteiger partial charge >= 0.3 is 0 Å². The van der Waals surface area contributed by atoms with E-state index in [0.717, 1.165) is 12.0 Å². The van der Waals surface area contributed by atoms with E-state index in [9.17, 15) is 9.59 Å². The first-order valence-corrected chi connectivity index (χ1v) is 8.87. The van der Waals surface area contributed by atoms with Gasteiger partial charge in [-0.2, -0.15) is 0 Å². The molecule has 25 heavy (non-hydrogen) atoms. The van der Waals surface area contributed by atoms with Gasteiger partial charge in [-0.3, -0.25) is 9.59 Å². The lowest BCUT2D eigenvalue weighted by Gasteiger charge is -2.07. The number of aryl methyl sites for hydroxylation is 3. The van der Waals surface area contributed by atoms with Crippen LogP contribution in [0.4, 0.5) is 5.69 Å². The van der Waals surface area contributed by atoms with E-state index in [4.69, 9.17) is 0 Å². The summed E-state index contributed by atoms with van der Waals surface area (Å²) in [7, 11) is 0. The van der Waals surface area contributed by atoms with Gasteiger partial charge < -0.3 is 10.3 Å². The molecule has 2 heterocycles. The maximum atomic E-state index is 12.5. The molecule has 1 aromatic carbocycles. The van der Waals surface area contributed by atoms with Crippen LogP contribution in [0.1, 0.15) is 32.7 Å². The predicted molar refractivity (Wildman–Crippen MR) is 101 cm³/mol. The third-order valence-corrected chi connectivity index (χ3v) is 4.98. The molecule has 0 saturated carbocycles. The Labute approximate surface area is 149 Å². The van der Waals surface area contributed by atoms with Crippen molar-refractivity contribution in [3.05, 3.63) is 67.8 Å². The van der Waals surface area contributed by atoms with Crippen LogP contribution in [-0.4, -0.2) is 15.9 Å². The number of rotatable bonds is 4. The molecular formula is C19H19N3O2S. The van der Waals surface area contributed by atoms with Crippen LogP contribution in [0.25, 0.3) is 11.4 Å². The molecule has 0 aliphatic carbocycles. The molecule has 0 unspecified atom stereocenters. The van der Waals surface area contributed by atoms with Crippen LogP contribution < -0.4 is 10.9 Å². The van der Waals surface area contributed by atoms with Crippen molar-refractivity contribution in [2.45, 2.75) is 27.2 Å². The van der Waals surface area contributed by atoms with Crippen LogP contribution in [0, 0.1) is 13.8 Å². The van der Waals surface area contributed by atoms with Crippen LogP contribution >= 0.6 is 11.3 Å². The fraction of sp³-hybridized carbons (Fsp3) is 0.211. The molecule has 2 aromatic heterocycles. The minimum atomic E-state index is -0.196. The monoisotopic (exact) mass is 353 g/mol. The first kappa shape index (κ1) is 17.1. The molecule has 3 rings (SSSR count). The van der Waals surface area contributed by atoms with Crippen molar-refractivity contribution in [3.8, 4) is 11.4 Å². The Morgan fingerprint density at radius 2 is 2.04 bits per heavy atom. The van der Waals surface area contributed by atoms with E-state index in [1.165, 1.54) is 27.8 Å². The number of aromatic nitrogens is 2. The van der Waals surface area contributed by atoms with Crippen molar-refractivity contribution in [1.29, 1.82) is 0 Å². The van der Waals surface area contributed by atoms with Gasteiger partial charge in [0.15, 0.2) is 0 Å². The van der Waals surface area contributed by atoms with E-state index in [2.05, 4.69) is 22.2 Å². The van der Waals surface area contributed by atoms with Crippen LogP contribution in [0.5, 0.6) is 0 Å². The third-order valence-electron chi connectivity index (χ3n) is 3.89. The van der Waals surface area contributed by atoms with Crippen LogP contribution in [0.2, 0.25) is 0 Å². The number of benzene rings is 1. The number of amides is 1. The molecule has 0 spiro atoms. The van der Waals surface area contributed by atoms with E-state index >= 15 is 0 Å². The second kappa shape index (κ2) is 7.03. The van der Waals surface area contributed by atoms with E-state index in [-0.39, 0.29) is 11.5 Å². The highest BCUT2D eigenvalue weighted by atomic mass is 32.1. The quantitative estimate of drug-likeness (QED) is 0.746. The minimum absolute atomic E-state index is 0.129. The zero-order valence-corrected chi connectivity index (χ0v) is 15.2. The average Bonchev–Trinajstić information content (AvgIpc) is 2.95. The number of carbonyl (C=O) groups excluding carboxylic acids is 1. The van der Waals surface area contributed by atoms with E-state index in [0.29, 0.717) is 22.1 Å². The number of thiophene rings is 1. The summed E-state index contributed by atoms with van der Waals surface area (Å²) in [5.74, 6) is 0.358. The van der Waals surface area contributed by atoms with Gasteiger partial charge in [-0.15, -0.1) is 11.3 Å². The smallest absolute Gasteiger partial charge is 0.265 e. The summed E-state index contributed by atoms with van der Waals surface area (Å²) in [6, 6.07) is 10.7. The predicted octanol–water partition coefficient (Wildman–Crippen LogP) is 3.93. The zero-order chi connectivity index (χ0) is 18.0. The number of carbonyl (C=O) groups is 1. The van der Waals surface area contributed by atoms with Crippen molar-refractivity contribution in [2.24, 2.45) is 0 Å². The number of H-pyrrole nitrogens is 1. The molecule has 6 heteroatoms. The molecule has 128 valence electrons. The lowest BCUT2D eigenvalue weighted by atomic mass is 10.1. The maximum Gasteiger partial charge on any atom is 0.265 e. The molecule has 0 radical (unpaired) electrons.